The number of benzene rings is 1. The third-order valence-electron chi connectivity index (χ3n) is 2.29. The Labute approximate surface area is 97.3 Å². The second kappa shape index (κ2) is 5.10. The van der Waals surface area contributed by atoms with Crippen molar-refractivity contribution in [1.82, 2.24) is 0 Å². The van der Waals surface area contributed by atoms with Gasteiger partial charge in [0.2, 0.25) is 6.08 Å². The van der Waals surface area contributed by atoms with E-state index >= 15 is 0 Å². The quantitative estimate of drug-likeness (QED) is 0.625. The van der Waals surface area contributed by atoms with Crippen LogP contribution in [0.25, 0.3) is 0 Å². The molecule has 0 unspecified atom stereocenters. The zero-order valence-corrected chi connectivity index (χ0v) is 10.5. The van der Waals surface area contributed by atoms with E-state index in [0.717, 1.165) is 26.9 Å². The van der Waals surface area contributed by atoms with Gasteiger partial charge in [0.1, 0.15) is 5.75 Å². The number of isocyanates is 1. The van der Waals surface area contributed by atoms with Crippen molar-refractivity contribution in [3.8, 4) is 5.75 Å². The van der Waals surface area contributed by atoms with E-state index in [-0.39, 0.29) is 0 Å². The zero-order valence-electron chi connectivity index (χ0n) is 8.93. The standard InChI is InChI=1S/C11H12BrNO2/c1-7-4-10(12)8(2)9(5-13-6-14)11(7)15-3/h4H,5H2,1-3H3. The molecule has 0 fully saturated rings. The van der Waals surface area contributed by atoms with Gasteiger partial charge in [0.15, 0.2) is 0 Å². The fraction of sp³-hybridized carbons (Fsp3) is 0.364. The third-order valence-corrected chi connectivity index (χ3v) is 3.12. The first-order valence-corrected chi connectivity index (χ1v) is 5.27. The molecule has 1 aromatic rings. The molecule has 4 heteroatoms. The molecular formula is C11H12BrNO2. The largest absolute Gasteiger partial charge is 0.496 e. The van der Waals surface area contributed by atoms with E-state index in [1.807, 2.05) is 19.9 Å². The summed E-state index contributed by atoms with van der Waals surface area (Å²) >= 11 is 3.46. The second-order valence-electron chi connectivity index (χ2n) is 3.22. The highest BCUT2D eigenvalue weighted by Crippen LogP contribution is 2.32. The van der Waals surface area contributed by atoms with Crippen LogP contribution >= 0.6 is 15.9 Å². The molecular weight excluding hydrogens is 258 g/mol. The molecule has 0 aliphatic heterocycles. The SMILES string of the molecule is COc1c(C)cc(Br)c(C)c1CN=C=O. The molecule has 0 bridgehead atoms. The van der Waals surface area contributed by atoms with E-state index in [0.29, 0.717) is 6.54 Å². The summed E-state index contributed by atoms with van der Waals surface area (Å²) in [4.78, 5) is 13.7. The maximum Gasteiger partial charge on any atom is 0.235 e. The first-order valence-electron chi connectivity index (χ1n) is 4.48. The summed E-state index contributed by atoms with van der Waals surface area (Å²) in [5, 5.41) is 0. The predicted molar refractivity (Wildman–Crippen MR) is 62.0 cm³/mol. The molecule has 80 valence electrons. The molecule has 0 radical (unpaired) electrons. The van der Waals surface area contributed by atoms with E-state index in [1.54, 1.807) is 7.11 Å². The van der Waals surface area contributed by atoms with Crippen molar-refractivity contribution in [2.45, 2.75) is 20.4 Å². The van der Waals surface area contributed by atoms with Crippen LogP contribution in [-0.2, 0) is 11.3 Å². The Kier molecular flexibility index (Phi) is 4.06. The van der Waals surface area contributed by atoms with Crippen molar-refractivity contribution in [2.24, 2.45) is 4.99 Å². The summed E-state index contributed by atoms with van der Waals surface area (Å²) in [6, 6.07) is 1.99. The summed E-state index contributed by atoms with van der Waals surface area (Å²) < 4.78 is 6.30. The molecule has 15 heavy (non-hydrogen) atoms. The van der Waals surface area contributed by atoms with Gasteiger partial charge in [-0.15, -0.1) is 0 Å². The summed E-state index contributed by atoms with van der Waals surface area (Å²) in [6.07, 6.45) is 1.54. The van der Waals surface area contributed by atoms with Crippen molar-refractivity contribution in [3.05, 3.63) is 27.2 Å². The molecule has 0 N–H and O–H groups in total. The van der Waals surface area contributed by atoms with Crippen LogP contribution in [0.3, 0.4) is 0 Å². The van der Waals surface area contributed by atoms with Crippen LogP contribution in [0, 0.1) is 13.8 Å². The topological polar surface area (TPSA) is 38.7 Å². The molecule has 0 amide bonds. The van der Waals surface area contributed by atoms with Gasteiger partial charge < -0.3 is 4.74 Å². The lowest BCUT2D eigenvalue weighted by atomic mass is 10.0. The monoisotopic (exact) mass is 269 g/mol. The Morgan fingerprint density at radius 2 is 2.20 bits per heavy atom. The number of ether oxygens (including phenoxy) is 1. The highest BCUT2D eigenvalue weighted by atomic mass is 79.9. The van der Waals surface area contributed by atoms with Crippen LogP contribution in [0.5, 0.6) is 5.75 Å². The minimum atomic E-state index is 0.304. The third kappa shape index (κ3) is 2.46. The van der Waals surface area contributed by atoms with Crippen LogP contribution in [0.1, 0.15) is 16.7 Å². The molecule has 0 aliphatic carbocycles. The lowest BCUT2D eigenvalue weighted by Gasteiger charge is -2.13. The number of hydrogen-bond donors (Lipinski definition) is 0. The van der Waals surface area contributed by atoms with E-state index in [2.05, 4.69) is 20.9 Å². The van der Waals surface area contributed by atoms with Crippen molar-refractivity contribution in [3.63, 3.8) is 0 Å². The highest BCUT2D eigenvalue weighted by Gasteiger charge is 2.12. The van der Waals surface area contributed by atoms with E-state index < -0.39 is 0 Å². The number of halogens is 1. The lowest BCUT2D eigenvalue weighted by molar-refractivity contribution is 0.406. The Hall–Kier alpha value is -1.12. The smallest absolute Gasteiger partial charge is 0.235 e. The zero-order chi connectivity index (χ0) is 11.4. The van der Waals surface area contributed by atoms with Crippen molar-refractivity contribution >= 4 is 22.0 Å². The number of methoxy groups -OCH3 is 1. The molecule has 1 rings (SSSR count). The molecule has 1 aromatic carbocycles. The summed E-state index contributed by atoms with van der Waals surface area (Å²) in [5.41, 5.74) is 2.98. The first-order chi connectivity index (χ1) is 7.11. The van der Waals surface area contributed by atoms with Gasteiger partial charge in [-0.1, -0.05) is 15.9 Å². The first kappa shape index (κ1) is 12.0. The average molecular weight is 270 g/mol. The maximum absolute atomic E-state index is 10.1. The Balaban J connectivity index is 3.35. The minimum Gasteiger partial charge on any atom is -0.496 e. The van der Waals surface area contributed by atoms with Gasteiger partial charge in [0, 0.05) is 10.0 Å². The summed E-state index contributed by atoms with van der Waals surface area (Å²) in [6.45, 7) is 4.22. The van der Waals surface area contributed by atoms with Crippen molar-refractivity contribution in [2.75, 3.05) is 7.11 Å². The lowest BCUT2D eigenvalue weighted by Crippen LogP contribution is -1.98. The molecule has 0 aliphatic rings. The highest BCUT2D eigenvalue weighted by molar-refractivity contribution is 9.10. The predicted octanol–water partition coefficient (Wildman–Crippen LogP) is 2.91. The van der Waals surface area contributed by atoms with Crippen LogP contribution in [0.15, 0.2) is 15.5 Å². The summed E-state index contributed by atoms with van der Waals surface area (Å²) in [7, 11) is 1.61. The Bertz CT molecular complexity index is 423. The molecule has 0 atom stereocenters. The van der Waals surface area contributed by atoms with Crippen molar-refractivity contribution in [1.29, 1.82) is 0 Å². The van der Waals surface area contributed by atoms with E-state index in [9.17, 15) is 4.79 Å². The van der Waals surface area contributed by atoms with Gasteiger partial charge in [-0.25, -0.2) is 9.79 Å². The van der Waals surface area contributed by atoms with Gasteiger partial charge in [-0.3, -0.25) is 0 Å². The second-order valence-corrected chi connectivity index (χ2v) is 4.07. The molecule has 0 saturated carbocycles. The molecule has 0 saturated heterocycles. The number of aliphatic imine (C=N–C) groups is 1. The average Bonchev–Trinajstić information content (AvgIpc) is 2.21. The molecule has 3 nitrogen and oxygen atoms in total. The van der Waals surface area contributed by atoms with E-state index in [1.165, 1.54) is 6.08 Å². The Morgan fingerprint density at radius 1 is 1.53 bits per heavy atom. The van der Waals surface area contributed by atoms with Crippen LogP contribution < -0.4 is 4.74 Å². The van der Waals surface area contributed by atoms with Crippen molar-refractivity contribution < 1.29 is 9.53 Å². The van der Waals surface area contributed by atoms with Gasteiger partial charge in [0.25, 0.3) is 0 Å². The van der Waals surface area contributed by atoms with Gasteiger partial charge in [0.05, 0.1) is 13.7 Å². The summed E-state index contributed by atoms with van der Waals surface area (Å²) in [5.74, 6) is 0.787. The molecule has 0 aromatic heterocycles. The number of nitrogens with zero attached hydrogens (tertiary/aromatic N) is 1. The van der Waals surface area contributed by atoms with Crippen LogP contribution in [0.4, 0.5) is 0 Å². The van der Waals surface area contributed by atoms with Gasteiger partial charge in [-0.05, 0) is 31.0 Å². The molecule has 0 spiro atoms. The number of carbonyl (C=O) groups excluding carboxylic acids is 1. The fourth-order valence-corrected chi connectivity index (χ4v) is 2.08. The molecule has 0 heterocycles. The Morgan fingerprint density at radius 3 is 2.73 bits per heavy atom. The number of rotatable bonds is 3. The van der Waals surface area contributed by atoms with E-state index in [4.69, 9.17) is 4.74 Å². The van der Waals surface area contributed by atoms with Crippen LogP contribution in [0.2, 0.25) is 0 Å². The maximum atomic E-state index is 10.1. The minimum absolute atomic E-state index is 0.304. The van der Waals surface area contributed by atoms with Crippen LogP contribution in [-0.4, -0.2) is 13.2 Å². The van der Waals surface area contributed by atoms with Gasteiger partial charge in [-0.2, -0.15) is 0 Å². The fourth-order valence-electron chi connectivity index (χ4n) is 1.50. The van der Waals surface area contributed by atoms with Gasteiger partial charge >= 0.3 is 0 Å². The number of hydrogen-bond acceptors (Lipinski definition) is 3. The normalized spacial score (nSPS) is 9.60. The number of aryl methyl sites for hydroxylation is 1.